The van der Waals surface area contributed by atoms with E-state index in [-0.39, 0.29) is 31.0 Å². The summed E-state index contributed by atoms with van der Waals surface area (Å²) in [6, 6.07) is 11.5. The number of aryl methyl sites for hydroxylation is 1. The molecular weight excluding hydrogens is 470 g/mol. The Morgan fingerprint density at radius 1 is 1.03 bits per heavy atom. The molecule has 9 nitrogen and oxygen atoms in total. The first-order valence-electron chi connectivity index (χ1n) is 11.6. The normalized spacial score (nSPS) is 13.4. The molecule has 3 rings (SSSR count). The predicted octanol–water partition coefficient (Wildman–Crippen LogP) is 2.82. The number of rotatable bonds is 10. The Bertz CT molecular complexity index is 1160. The fourth-order valence-electron chi connectivity index (χ4n) is 3.64. The van der Waals surface area contributed by atoms with Gasteiger partial charge in [0, 0.05) is 18.7 Å². The smallest absolute Gasteiger partial charge is 0.244 e. The van der Waals surface area contributed by atoms with Crippen LogP contribution in [0.2, 0.25) is 0 Å². The zero-order valence-electron chi connectivity index (χ0n) is 20.8. The van der Waals surface area contributed by atoms with Gasteiger partial charge >= 0.3 is 0 Å². The minimum absolute atomic E-state index is 0.0467. The number of anilines is 1. The lowest BCUT2D eigenvalue weighted by Gasteiger charge is -2.32. The first-order valence-corrected chi connectivity index (χ1v) is 13.2. The Hall–Kier alpha value is -3.27. The molecule has 1 aliphatic heterocycles. The van der Waals surface area contributed by atoms with E-state index >= 15 is 0 Å². The molecular formula is C25H33N3O6S. The Balaban J connectivity index is 1.93. The summed E-state index contributed by atoms with van der Waals surface area (Å²) in [7, 11) is -3.81. The monoisotopic (exact) mass is 503 g/mol. The van der Waals surface area contributed by atoms with Gasteiger partial charge in [-0.25, -0.2) is 8.42 Å². The Labute approximate surface area is 207 Å². The Morgan fingerprint density at radius 2 is 1.69 bits per heavy atom. The van der Waals surface area contributed by atoms with Gasteiger partial charge < -0.3 is 19.7 Å². The summed E-state index contributed by atoms with van der Waals surface area (Å²) >= 11 is 0. The maximum absolute atomic E-state index is 13.6. The molecule has 35 heavy (non-hydrogen) atoms. The van der Waals surface area contributed by atoms with Crippen molar-refractivity contribution in [3.63, 3.8) is 0 Å². The first kappa shape index (κ1) is 26.3. The molecule has 0 aliphatic carbocycles. The highest BCUT2D eigenvalue weighted by Gasteiger charge is 2.31. The number of ether oxygens (including phenoxy) is 2. The molecule has 0 bridgehead atoms. The average molecular weight is 504 g/mol. The first-order chi connectivity index (χ1) is 16.5. The van der Waals surface area contributed by atoms with Crippen LogP contribution in [-0.2, 0) is 26.2 Å². The molecule has 0 saturated carbocycles. The van der Waals surface area contributed by atoms with Gasteiger partial charge in [0.2, 0.25) is 28.6 Å². The van der Waals surface area contributed by atoms with Crippen molar-refractivity contribution in [3.8, 4) is 11.5 Å². The van der Waals surface area contributed by atoms with E-state index < -0.39 is 28.5 Å². The molecule has 1 atom stereocenters. The number of carbonyl (C=O) groups excluding carboxylic acids is 2. The number of nitrogens with one attached hydrogen (secondary N) is 1. The van der Waals surface area contributed by atoms with Crippen molar-refractivity contribution in [1.29, 1.82) is 0 Å². The van der Waals surface area contributed by atoms with Gasteiger partial charge in [-0.15, -0.1) is 0 Å². The fourth-order valence-corrected chi connectivity index (χ4v) is 4.69. The second kappa shape index (κ2) is 11.0. The number of benzene rings is 2. The van der Waals surface area contributed by atoms with Crippen LogP contribution < -0.4 is 19.1 Å². The van der Waals surface area contributed by atoms with Crippen LogP contribution in [0.4, 0.5) is 5.69 Å². The highest BCUT2D eigenvalue weighted by Crippen LogP contribution is 2.36. The number of sulfonamides is 1. The lowest BCUT2D eigenvalue weighted by molar-refractivity contribution is -0.139. The standard InChI is InChI=1S/C25H33N3O6S/c1-6-35(31,32)28(21-11-12-22-23(13-21)34-16-33-22)15-24(29)27(19(5)25(30)26-17(2)3)14-20-9-7-18(4)8-10-20/h7-13,17,19H,6,14-16H2,1-5H3,(H,26,30). The van der Waals surface area contributed by atoms with Crippen molar-refractivity contribution in [2.24, 2.45) is 0 Å². The maximum Gasteiger partial charge on any atom is 0.244 e. The molecule has 10 heteroatoms. The van der Waals surface area contributed by atoms with Crippen LogP contribution in [-0.4, -0.2) is 56.3 Å². The third-order valence-corrected chi connectivity index (χ3v) is 7.44. The number of hydrogen-bond acceptors (Lipinski definition) is 6. The number of fused-ring (bicyclic) bond motifs is 1. The van der Waals surface area contributed by atoms with E-state index in [1.165, 1.54) is 11.8 Å². The molecule has 2 amide bonds. The van der Waals surface area contributed by atoms with Gasteiger partial charge in [0.25, 0.3) is 0 Å². The van der Waals surface area contributed by atoms with E-state index in [0.29, 0.717) is 17.2 Å². The topological polar surface area (TPSA) is 105 Å². The molecule has 1 aliphatic rings. The summed E-state index contributed by atoms with van der Waals surface area (Å²) in [4.78, 5) is 27.8. The second-order valence-corrected chi connectivity index (χ2v) is 11.0. The van der Waals surface area contributed by atoms with Gasteiger partial charge in [0.15, 0.2) is 11.5 Å². The van der Waals surface area contributed by atoms with Gasteiger partial charge in [0.05, 0.1) is 11.4 Å². The lowest BCUT2D eigenvalue weighted by atomic mass is 10.1. The molecule has 0 aromatic heterocycles. The van der Waals surface area contributed by atoms with E-state index in [0.717, 1.165) is 15.4 Å². The number of nitrogens with zero attached hydrogens (tertiary/aromatic N) is 2. The van der Waals surface area contributed by atoms with E-state index in [2.05, 4.69) is 5.32 Å². The third kappa shape index (κ3) is 6.45. The van der Waals surface area contributed by atoms with Crippen LogP contribution in [0, 0.1) is 6.92 Å². The second-order valence-electron chi connectivity index (χ2n) is 8.79. The van der Waals surface area contributed by atoms with Crippen LogP contribution in [0.15, 0.2) is 42.5 Å². The summed E-state index contributed by atoms with van der Waals surface area (Å²) in [5.41, 5.74) is 2.19. The van der Waals surface area contributed by atoms with E-state index in [4.69, 9.17) is 9.47 Å². The zero-order valence-corrected chi connectivity index (χ0v) is 21.6. The minimum atomic E-state index is -3.81. The third-order valence-electron chi connectivity index (χ3n) is 5.70. The molecule has 2 aromatic rings. The Kier molecular flexibility index (Phi) is 8.26. The molecule has 0 radical (unpaired) electrons. The summed E-state index contributed by atoms with van der Waals surface area (Å²) < 4.78 is 37.8. The van der Waals surface area contributed by atoms with E-state index in [1.54, 1.807) is 25.1 Å². The largest absolute Gasteiger partial charge is 0.454 e. The van der Waals surface area contributed by atoms with Crippen molar-refractivity contribution in [3.05, 3.63) is 53.6 Å². The van der Waals surface area contributed by atoms with Crippen LogP contribution in [0.25, 0.3) is 0 Å². The summed E-state index contributed by atoms with van der Waals surface area (Å²) in [6.07, 6.45) is 0. The van der Waals surface area contributed by atoms with Crippen LogP contribution in [0.5, 0.6) is 11.5 Å². The molecule has 2 aromatic carbocycles. The number of hydrogen-bond donors (Lipinski definition) is 1. The van der Waals surface area contributed by atoms with Crippen molar-refractivity contribution in [2.45, 2.75) is 53.2 Å². The number of amides is 2. The lowest BCUT2D eigenvalue weighted by Crippen LogP contribution is -2.52. The summed E-state index contributed by atoms with van der Waals surface area (Å²) in [5.74, 6) is -0.0859. The quantitative estimate of drug-likeness (QED) is 0.535. The SMILES string of the molecule is CCS(=O)(=O)N(CC(=O)N(Cc1ccc(C)cc1)C(C)C(=O)NC(C)C)c1ccc2c(c1)OCO2. The fraction of sp³-hybridized carbons (Fsp3) is 0.440. The molecule has 1 heterocycles. The number of carbonyl (C=O) groups is 2. The minimum Gasteiger partial charge on any atom is -0.454 e. The average Bonchev–Trinajstić information content (AvgIpc) is 3.29. The molecule has 0 spiro atoms. The van der Waals surface area contributed by atoms with Crippen molar-refractivity contribution < 1.29 is 27.5 Å². The van der Waals surface area contributed by atoms with Gasteiger partial charge in [0.1, 0.15) is 12.6 Å². The summed E-state index contributed by atoms with van der Waals surface area (Å²) in [6.45, 7) is 8.55. The molecule has 0 saturated heterocycles. The van der Waals surface area contributed by atoms with Gasteiger partial charge in [-0.3, -0.25) is 13.9 Å². The molecule has 1 unspecified atom stereocenters. The van der Waals surface area contributed by atoms with Crippen LogP contribution >= 0.6 is 0 Å². The van der Waals surface area contributed by atoms with Crippen molar-refractivity contribution in [2.75, 3.05) is 23.4 Å². The highest BCUT2D eigenvalue weighted by molar-refractivity contribution is 7.92. The predicted molar refractivity (Wildman–Crippen MR) is 134 cm³/mol. The Morgan fingerprint density at radius 3 is 2.31 bits per heavy atom. The van der Waals surface area contributed by atoms with Crippen LogP contribution in [0.1, 0.15) is 38.8 Å². The zero-order chi connectivity index (χ0) is 25.8. The molecule has 0 fully saturated rings. The molecule has 190 valence electrons. The van der Waals surface area contributed by atoms with Gasteiger partial charge in [-0.2, -0.15) is 0 Å². The van der Waals surface area contributed by atoms with Crippen molar-refractivity contribution in [1.82, 2.24) is 10.2 Å². The van der Waals surface area contributed by atoms with E-state index in [9.17, 15) is 18.0 Å². The van der Waals surface area contributed by atoms with Crippen molar-refractivity contribution >= 4 is 27.5 Å². The maximum atomic E-state index is 13.6. The van der Waals surface area contributed by atoms with Gasteiger partial charge in [-0.05, 0) is 52.3 Å². The van der Waals surface area contributed by atoms with Crippen LogP contribution in [0.3, 0.4) is 0 Å². The highest BCUT2D eigenvalue weighted by atomic mass is 32.2. The molecule has 1 N–H and O–H groups in total. The van der Waals surface area contributed by atoms with Gasteiger partial charge in [-0.1, -0.05) is 29.8 Å². The van der Waals surface area contributed by atoms with E-state index in [1.807, 2.05) is 45.0 Å². The summed E-state index contributed by atoms with van der Waals surface area (Å²) in [5, 5.41) is 2.83.